The molecule has 72 valence electrons. The van der Waals surface area contributed by atoms with Gasteiger partial charge in [0.1, 0.15) is 0 Å². The fourth-order valence-corrected chi connectivity index (χ4v) is 0.209. The van der Waals surface area contributed by atoms with Crippen LogP contribution in [0.25, 0.3) is 0 Å². The normalized spacial score (nSPS) is 9.33. The summed E-state index contributed by atoms with van der Waals surface area (Å²) in [5.74, 6) is 0. The molecule has 0 saturated heterocycles. The van der Waals surface area contributed by atoms with E-state index < -0.39 is 10.4 Å². The molecule has 0 aliphatic heterocycles. The van der Waals surface area contributed by atoms with Gasteiger partial charge in [-0.15, -0.1) is 0 Å². The van der Waals surface area contributed by atoms with Crippen molar-refractivity contribution in [2.45, 2.75) is 6.92 Å². The number of aliphatic hydroxyl groups is 1. The van der Waals surface area contributed by atoms with Crippen molar-refractivity contribution < 1.29 is 27.4 Å². The Labute approximate surface area is 93.8 Å². The van der Waals surface area contributed by atoms with E-state index in [1.807, 2.05) is 6.92 Å². The summed E-state index contributed by atoms with van der Waals surface area (Å²) in [7, 11) is -4.67. The molecule has 0 aromatic carbocycles. The summed E-state index contributed by atoms with van der Waals surface area (Å²) >= 11 is 0. The fraction of sp³-hybridized carbons (Fsp3) is 1.00. The fourth-order valence-electron chi connectivity index (χ4n) is 0.209. The molecule has 0 bridgehead atoms. The zero-order chi connectivity index (χ0) is 9.33. The van der Waals surface area contributed by atoms with Gasteiger partial charge in [-0.1, -0.05) is 0 Å². The summed E-state index contributed by atoms with van der Waals surface area (Å²) < 4.78 is 36.3. The van der Waals surface area contributed by atoms with E-state index in [1.54, 1.807) is 0 Å². The van der Waals surface area contributed by atoms with Crippen LogP contribution in [0, 0.1) is 0 Å². The van der Waals surface area contributed by atoms with E-state index in [0.717, 1.165) is 0 Å². The first-order valence-electron chi connectivity index (χ1n) is 2.80. The summed E-state index contributed by atoms with van der Waals surface area (Å²) in [5.41, 5.74) is 0. The van der Waals surface area contributed by atoms with Gasteiger partial charge in [0.05, 0.1) is 13.2 Å². The molecule has 12 heavy (non-hydrogen) atoms. The van der Waals surface area contributed by atoms with Crippen LogP contribution in [0.15, 0.2) is 0 Å². The van der Waals surface area contributed by atoms with Crippen LogP contribution in [0.1, 0.15) is 6.92 Å². The number of rotatable bonds is 3. The van der Waals surface area contributed by atoms with E-state index in [9.17, 15) is 0 Å². The first-order valence-corrected chi connectivity index (χ1v) is 4.20. The standard InChI is InChI=1S/C4H10O2.Na.H2O4S.H/c1-2-6-4-3-5;;1-5(2,3)4;/h5H,2-4H2,1H3;;(H2,1,2,3,4);. The third kappa shape index (κ3) is 72.0. The molecule has 6 nitrogen and oxygen atoms in total. The Kier molecular flexibility index (Phi) is 18.2. The van der Waals surface area contributed by atoms with Gasteiger partial charge in [0, 0.05) is 6.61 Å². The summed E-state index contributed by atoms with van der Waals surface area (Å²) in [6, 6.07) is 0. The minimum absolute atomic E-state index is 0. The number of hydrogen-bond donors (Lipinski definition) is 3. The average Bonchev–Trinajstić information content (AvgIpc) is 1.79. The molecular formula is C4H13NaO6S. The first kappa shape index (κ1) is 18.5. The predicted molar refractivity (Wildman–Crippen MR) is 44.9 cm³/mol. The van der Waals surface area contributed by atoms with Crippen molar-refractivity contribution in [3.63, 3.8) is 0 Å². The van der Waals surface area contributed by atoms with E-state index in [0.29, 0.717) is 13.2 Å². The second kappa shape index (κ2) is 11.8. The zero-order valence-corrected chi connectivity index (χ0v) is 6.91. The van der Waals surface area contributed by atoms with Gasteiger partial charge in [-0.2, -0.15) is 8.42 Å². The van der Waals surface area contributed by atoms with Crippen molar-refractivity contribution in [1.29, 1.82) is 0 Å². The van der Waals surface area contributed by atoms with Gasteiger partial charge in [-0.05, 0) is 6.92 Å². The monoisotopic (exact) mass is 212 g/mol. The maximum absolute atomic E-state index is 8.74. The van der Waals surface area contributed by atoms with Gasteiger partial charge in [-0.25, -0.2) is 0 Å². The summed E-state index contributed by atoms with van der Waals surface area (Å²) in [6.45, 7) is 3.20. The van der Waals surface area contributed by atoms with Crippen LogP contribution in [0.4, 0.5) is 0 Å². The molecule has 0 fully saturated rings. The molecule has 0 aromatic heterocycles. The number of aliphatic hydroxyl groups excluding tert-OH is 1. The van der Waals surface area contributed by atoms with E-state index in [2.05, 4.69) is 0 Å². The van der Waals surface area contributed by atoms with Crippen molar-refractivity contribution >= 4 is 40.0 Å². The van der Waals surface area contributed by atoms with Crippen LogP contribution in [0.3, 0.4) is 0 Å². The van der Waals surface area contributed by atoms with Crippen LogP contribution >= 0.6 is 0 Å². The SMILES string of the molecule is CCOCCO.O=S(=O)(O)O.[NaH]. The molecule has 0 aliphatic rings. The van der Waals surface area contributed by atoms with Gasteiger partial charge in [0.15, 0.2) is 0 Å². The quantitative estimate of drug-likeness (QED) is 0.305. The Bertz CT molecular complexity index is 143. The zero-order valence-electron chi connectivity index (χ0n) is 6.10. The molecule has 3 N–H and O–H groups in total. The van der Waals surface area contributed by atoms with Crippen LogP contribution in [-0.4, -0.2) is 72.0 Å². The first-order chi connectivity index (χ1) is 4.91. The van der Waals surface area contributed by atoms with Crippen LogP contribution in [-0.2, 0) is 15.1 Å². The van der Waals surface area contributed by atoms with Crippen molar-refractivity contribution in [1.82, 2.24) is 0 Å². The number of hydrogen-bond acceptors (Lipinski definition) is 4. The van der Waals surface area contributed by atoms with Gasteiger partial charge in [-0.3, -0.25) is 9.11 Å². The third-order valence-corrected chi connectivity index (χ3v) is 0.440. The maximum atomic E-state index is 8.74. The predicted octanol–water partition coefficient (Wildman–Crippen LogP) is -1.29. The van der Waals surface area contributed by atoms with E-state index >= 15 is 0 Å². The molecule has 0 amide bonds. The molecule has 0 unspecified atom stereocenters. The average molecular weight is 212 g/mol. The second-order valence-corrected chi connectivity index (χ2v) is 2.26. The van der Waals surface area contributed by atoms with Gasteiger partial charge >= 0.3 is 40.0 Å². The van der Waals surface area contributed by atoms with E-state index in [4.69, 9.17) is 27.4 Å². The summed E-state index contributed by atoms with van der Waals surface area (Å²) in [5, 5.41) is 8.07. The van der Waals surface area contributed by atoms with Gasteiger partial charge < -0.3 is 9.84 Å². The molecule has 0 aliphatic carbocycles. The Hall–Kier alpha value is 0.790. The molecule has 8 heteroatoms. The van der Waals surface area contributed by atoms with Crippen molar-refractivity contribution in [2.75, 3.05) is 19.8 Å². The topological polar surface area (TPSA) is 104 Å². The Morgan fingerprint density at radius 3 is 1.75 bits per heavy atom. The second-order valence-electron chi connectivity index (χ2n) is 1.37. The van der Waals surface area contributed by atoms with Crippen molar-refractivity contribution in [2.24, 2.45) is 0 Å². The number of ether oxygens (including phenoxy) is 1. The molecule has 0 heterocycles. The molecular weight excluding hydrogens is 199 g/mol. The van der Waals surface area contributed by atoms with E-state index in [-0.39, 0.29) is 36.2 Å². The Morgan fingerprint density at radius 1 is 1.33 bits per heavy atom. The molecule has 0 rings (SSSR count). The summed E-state index contributed by atoms with van der Waals surface area (Å²) in [4.78, 5) is 0. The van der Waals surface area contributed by atoms with Gasteiger partial charge in [0.2, 0.25) is 0 Å². The molecule has 0 spiro atoms. The molecule has 0 atom stereocenters. The Balaban J connectivity index is -0.000000126. The molecule has 0 saturated carbocycles. The van der Waals surface area contributed by atoms with Crippen LogP contribution in [0.5, 0.6) is 0 Å². The molecule has 0 aromatic rings. The minimum atomic E-state index is -4.67. The van der Waals surface area contributed by atoms with Crippen LogP contribution in [0.2, 0.25) is 0 Å². The summed E-state index contributed by atoms with van der Waals surface area (Å²) in [6.07, 6.45) is 0. The molecule has 0 radical (unpaired) electrons. The van der Waals surface area contributed by atoms with Crippen LogP contribution < -0.4 is 0 Å². The van der Waals surface area contributed by atoms with Gasteiger partial charge in [0.25, 0.3) is 0 Å². The Morgan fingerprint density at radius 2 is 1.67 bits per heavy atom. The third-order valence-electron chi connectivity index (χ3n) is 0.440. The van der Waals surface area contributed by atoms with Crippen molar-refractivity contribution in [3.8, 4) is 0 Å². The van der Waals surface area contributed by atoms with Crippen molar-refractivity contribution in [3.05, 3.63) is 0 Å². The van der Waals surface area contributed by atoms with E-state index in [1.165, 1.54) is 0 Å².